The smallest absolute Gasteiger partial charge is 0.416 e. The van der Waals surface area contributed by atoms with Crippen LogP contribution in [0, 0.1) is 0 Å². The summed E-state index contributed by atoms with van der Waals surface area (Å²) < 4.78 is 48.5. The molecule has 0 unspecified atom stereocenters. The lowest BCUT2D eigenvalue weighted by Gasteiger charge is -2.34. The molecule has 2 aromatic rings. The molecule has 2 aromatic carbocycles. The Morgan fingerprint density at radius 2 is 1.61 bits per heavy atom. The molecule has 0 spiro atoms. The van der Waals surface area contributed by atoms with Crippen LogP contribution in [-0.4, -0.2) is 54.6 Å². The van der Waals surface area contributed by atoms with Gasteiger partial charge < -0.3 is 19.7 Å². The molecule has 1 fully saturated rings. The first-order chi connectivity index (χ1) is 14.8. The number of nitrogens with one attached hydrogen (secondary N) is 1. The lowest BCUT2D eigenvalue weighted by molar-refractivity contribution is -0.144. The molecule has 1 N–H and O–H groups in total. The van der Waals surface area contributed by atoms with Gasteiger partial charge in [-0.1, -0.05) is 6.07 Å². The molecule has 0 radical (unpaired) electrons. The highest BCUT2D eigenvalue weighted by atomic mass is 19.4. The van der Waals surface area contributed by atoms with E-state index < -0.39 is 23.6 Å². The van der Waals surface area contributed by atoms with Gasteiger partial charge in [0.05, 0.1) is 5.56 Å². The van der Waals surface area contributed by atoms with E-state index in [0.717, 1.165) is 35.6 Å². The number of halogens is 3. The Hall–Kier alpha value is -3.27. The molecule has 2 amide bonds. The zero-order chi connectivity index (χ0) is 22.0. The Morgan fingerprint density at radius 3 is 2.29 bits per heavy atom. The zero-order valence-corrected chi connectivity index (χ0v) is 16.4. The first-order valence-corrected chi connectivity index (χ1v) is 9.68. The molecule has 0 saturated carbocycles. The van der Waals surface area contributed by atoms with E-state index in [9.17, 15) is 22.8 Å². The number of alkyl halides is 3. The van der Waals surface area contributed by atoms with Gasteiger partial charge in [0.2, 0.25) is 6.79 Å². The first kappa shape index (κ1) is 21.0. The molecule has 0 atom stereocenters. The summed E-state index contributed by atoms with van der Waals surface area (Å²) in [5.74, 6) is -0.143. The van der Waals surface area contributed by atoms with Crippen molar-refractivity contribution in [1.29, 1.82) is 0 Å². The molecule has 7 nitrogen and oxygen atoms in total. The summed E-state index contributed by atoms with van der Waals surface area (Å²) in [5, 5.41) is 2.36. The van der Waals surface area contributed by atoms with Gasteiger partial charge in [0.15, 0.2) is 11.5 Å². The van der Waals surface area contributed by atoms with Crippen molar-refractivity contribution in [2.75, 3.05) is 38.3 Å². The van der Waals surface area contributed by atoms with E-state index in [2.05, 4.69) is 10.2 Å². The number of anilines is 1. The monoisotopic (exact) mass is 435 g/mol. The van der Waals surface area contributed by atoms with Gasteiger partial charge in [-0.15, -0.1) is 0 Å². The molecule has 4 rings (SSSR count). The van der Waals surface area contributed by atoms with Gasteiger partial charge in [0.1, 0.15) is 0 Å². The second-order valence-electron chi connectivity index (χ2n) is 7.29. The fraction of sp³-hybridized carbons (Fsp3) is 0.333. The highest BCUT2D eigenvalue weighted by molar-refractivity contribution is 6.39. The summed E-state index contributed by atoms with van der Waals surface area (Å²) in [7, 11) is 0. The summed E-state index contributed by atoms with van der Waals surface area (Å²) in [6, 6.07) is 9.71. The number of hydrogen-bond donors (Lipinski definition) is 1. The van der Waals surface area contributed by atoms with Crippen molar-refractivity contribution in [3.8, 4) is 11.5 Å². The minimum absolute atomic E-state index is 0.132. The number of benzene rings is 2. The van der Waals surface area contributed by atoms with E-state index in [1.807, 2.05) is 18.2 Å². The average molecular weight is 435 g/mol. The Kier molecular flexibility index (Phi) is 5.73. The van der Waals surface area contributed by atoms with Crippen LogP contribution in [0.15, 0.2) is 42.5 Å². The Balaban J connectivity index is 1.27. The summed E-state index contributed by atoms with van der Waals surface area (Å²) >= 11 is 0. The molecule has 1 saturated heterocycles. The fourth-order valence-electron chi connectivity index (χ4n) is 3.48. The minimum Gasteiger partial charge on any atom is -0.454 e. The molecule has 2 aliphatic rings. The molecule has 31 heavy (non-hydrogen) atoms. The van der Waals surface area contributed by atoms with Gasteiger partial charge in [0.25, 0.3) is 0 Å². The number of fused-ring (bicyclic) bond motifs is 1. The Bertz CT molecular complexity index is 971. The minimum atomic E-state index is -4.46. The number of ether oxygens (including phenoxy) is 2. The summed E-state index contributed by atoms with van der Waals surface area (Å²) in [4.78, 5) is 28.2. The van der Waals surface area contributed by atoms with Crippen LogP contribution >= 0.6 is 0 Å². The normalized spacial score (nSPS) is 16.3. The van der Waals surface area contributed by atoms with Crippen molar-refractivity contribution >= 4 is 17.5 Å². The second kappa shape index (κ2) is 8.46. The number of nitrogens with zero attached hydrogens (tertiary/aromatic N) is 2. The average Bonchev–Trinajstić information content (AvgIpc) is 3.21. The Labute approximate surface area is 176 Å². The quantitative estimate of drug-likeness (QED) is 0.751. The maximum atomic E-state index is 12.6. The third-order valence-corrected chi connectivity index (χ3v) is 5.17. The molecular formula is C21H20F3N3O4. The van der Waals surface area contributed by atoms with Gasteiger partial charge in [-0.25, -0.2) is 0 Å². The van der Waals surface area contributed by atoms with Gasteiger partial charge in [-0.2, -0.15) is 13.2 Å². The van der Waals surface area contributed by atoms with E-state index in [-0.39, 0.29) is 12.5 Å². The summed E-state index contributed by atoms with van der Waals surface area (Å²) in [6.07, 6.45) is -4.46. The molecule has 0 aromatic heterocycles. The van der Waals surface area contributed by atoms with Crippen LogP contribution in [0.4, 0.5) is 18.9 Å². The molecule has 2 aliphatic heterocycles. The number of piperazine rings is 1. The van der Waals surface area contributed by atoms with E-state index in [4.69, 9.17) is 9.47 Å². The molecule has 2 heterocycles. The predicted octanol–water partition coefficient (Wildman–Crippen LogP) is 2.72. The van der Waals surface area contributed by atoms with Crippen LogP contribution in [0.1, 0.15) is 11.1 Å². The highest BCUT2D eigenvalue weighted by Gasteiger charge is 2.30. The molecule has 0 bridgehead atoms. The highest BCUT2D eigenvalue weighted by Crippen LogP contribution is 2.33. The van der Waals surface area contributed by atoms with Crippen LogP contribution in [0.2, 0.25) is 0 Å². The molecule has 10 heteroatoms. The molecular weight excluding hydrogens is 415 g/mol. The Morgan fingerprint density at radius 1 is 0.935 bits per heavy atom. The molecule has 0 aliphatic carbocycles. The van der Waals surface area contributed by atoms with Crippen molar-refractivity contribution in [3.05, 3.63) is 53.6 Å². The van der Waals surface area contributed by atoms with E-state index in [0.29, 0.717) is 38.5 Å². The maximum absolute atomic E-state index is 12.6. The van der Waals surface area contributed by atoms with E-state index >= 15 is 0 Å². The van der Waals surface area contributed by atoms with Gasteiger partial charge in [-0.3, -0.25) is 14.5 Å². The van der Waals surface area contributed by atoms with Crippen LogP contribution in [0.3, 0.4) is 0 Å². The third-order valence-electron chi connectivity index (χ3n) is 5.17. The van der Waals surface area contributed by atoms with Gasteiger partial charge >= 0.3 is 18.0 Å². The summed E-state index contributed by atoms with van der Waals surface area (Å²) in [6.45, 7) is 2.83. The first-order valence-electron chi connectivity index (χ1n) is 9.68. The number of amides is 2. The maximum Gasteiger partial charge on any atom is 0.416 e. The number of rotatable bonds is 3. The largest absolute Gasteiger partial charge is 0.454 e. The van der Waals surface area contributed by atoms with Crippen molar-refractivity contribution in [3.63, 3.8) is 0 Å². The SMILES string of the molecule is O=C(Nc1ccc(C(F)(F)F)cc1)C(=O)N1CCN(Cc2ccc3c(c2)OCO3)CC1. The van der Waals surface area contributed by atoms with Crippen molar-refractivity contribution in [1.82, 2.24) is 9.80 Å². The molecule has 164 valence electrons. The number of hydrogen-bond acceptors (Lipinski definition) is 5. The third kappa shape index (κ3) is 4.91. The van der Waals surface area contributed by atoms with Gasteiger partial charge in [0, 0.05) is 38.4 Å². The van der Waals surface area contributed by atoms with Crippen molar-refractivity contribution < 1.29 is 32.2 Å². The lowest BCUT2D eigenvalue weighted by Crippen LogP contribution is -2.51. The van der Waals surface area contributed by atoms with Crippen LogP contribution in [0.5, 0.6) is 11.5 Å². The second-order valence-corrected chi connectivity index (χ2v) is 7.29. The summed E-state index contributed by atoms with van der Waals surface area (Å²) in [5.41, 5.74) is 0.368. The van der Waals surface area contributed by atoms with Gasteiger partial charge in [-0.05, 0) is 42.0 Å². The number of carbonyl (C=O) groups is 2. The zero-order valence-electron chi connectivity index (χ0n) is 16.4. The van der Waals surface area contributed by atoms with Crippen LogP contribution in [-0.2, 0) is 22.3 Å². The van der Waals surface area contributed by atoms with E-state index in [1.54, 1.807) is 0 Å². The van der Waals surface area contributed by atoms with E-state index in [1.165, 1.54) is 4.90 Å². The van der Waals surface area contributed by atoms with Crippen LogP contribution in [0.25, 0.3) is 0 Å². The fourth-order valence-corrected chi connectivity index (χ4v) is 3.48. The predicted molar refractivity (Wildman–Crippen MR) is 104 cm³/mol. The van der Waals surface area contributed by atoms with Crippen LogP contribution < -0.4 is 14.8 Å². The topological polar surface area (TPSA) is 71.1 Å². The van der Waals surface area contributed by atoms with Crippen molar-refractivity contribution in [2.24, 2.45) is 0 Å². The standard InChI is InChI=1S/C21H20F3N3O4/c22-21(23,24)15-2-4-16(5-3-15)25-19(28)20(29)27-9-7-26(8-10-27)12-14-1-6-17-18(11-14)31-13-30-17/h1-6,11H,7-10,12-13H2,(H,25,28). The number of carbonyl (C=O) groups excluding carboxylic acids is 2. The van der Waals surface area contributed by atoms with Crippen molar-refractivity contribution in [2.45, 2.75) is 12.7 Å². The lowest BCUT2D eigenvalue weighted by atomic mass is 10.1.